The Balaban J connectivity index is 2.86. The van der Waals surface area contributed by atoms with E-state index in [0.29, 0.717) is 11.5 Å². The predicted octanol–water partition coefficient (Wildman–Crippen LogP) is 1.25. The molecule has 0 saturated carbocycles. The number of rotatable bonds is 5. The monoisotopic (exact) mass is 238 g/mol. The van der Waals surface area contributed by atoms with E-state index in [1.54, 1.807) is 34.3 Å². The highest BCUT2D eigenvalue weighted by molar-refractivity contribution is 5.84. The molecule has 0 saturated heterocycles. The van der Waals surface area contributed by atoms with Crippen molar-refractivity contribution in [2.45, 2.75) is 13.0 Å². The maximum Gasteiger partial charge on any atom is 0.241 e. The van der Waals surface area contributed by atoms with Gasteiger partial charge in [0.25, 0.3) is 0 Å². The summed E-state index contributed by atoms with van der Waals surface area (Å²) in [5.41, 5.74) is 0.775. The first-order chi connectivity index (χ1) is 8.10. The van der Waals surface area contributed by atoms with E-state index in [1.165, 1.54) is 0 Å². The van der Waals surface area contributed by atoms with Gasteiger partial charge in [0.05, 0.1) is 14.2 Å². The Morgan fingerprint density at radius 1 is 1.18 bits per heavy atom. The zero-order valence-electron chi connectivity index (χ0n) is 10.5. The summed E-state index contributed by atoms with van der Waals surface area (Å²) in [6.45, 7) is 1.78. The van der Waals surface area contributed by atoms with Crippen LogP contribution in [0.4, 0.5) is 5.69 Å². The zero-order valence-corrected chi connectivity index (χ0v) is 10.5. The highest BCUT2D eigenvalue weighted by atomic mass is 16.5. The van der Waals surface area contributed by atoms with E-state index in [4.69, 9.17) is 9.47 Å². The molecule has 1 unspecified atom stereocenters. The summed E-state index contributed by atoms with van der Waals surface area (Å²) in [7, 11) is 4.77. The van der Waals surface area contributed by atoms with Crippen molar-refractivity contribution in [3.05, 3.63) is 18.2 Å². The van der Waals surface area contributed by atoms with E-state index in [-0.39, 0.29) is 11.9 Å². The fourth-order valence-electron chi connectivity index (χ4n) is 1.42. The molecule has 0 aromatic heterocycles. The minimum absolute atomic E-state index is 0.0770. The number of benzene rings is 1. The lowest BCUT2D eigenvalue weighted by Gasteiger charge is -2.15. The number of amides is 1. The summed E-state index contributed by atoms with van der Waals surface area (Å²) in [4.78, 5) is 11.4. The highest BCUT2D eigenvalue weighted by Crippen LogP contribution is 2.26. The topological polar surface area (TPSA) is 59.6 Å². The second kappa shape index (κ2) is 5.98. The Labute approximate surface area is 101 Å². The molecule has 0 spiro atoms. The minimum atomic E-state index is -0.322. The van der Waals surface area contributed by atoms with Gasteiger partial charge in [-0.1, -0.05) is 0 Å². The molecular weight excluding hydrogens is 220 g/mol. The summed E-state index contributed by atoms with van der Waals surface area (Å²) >= 11 is 0. The van der Waals surface area contributed by atoms with Crippen LogP contribution in [0, 0.1) is 0 Å². The first kappa shape index (κ1) is 13.2. The molecule has 17 heavy (non-hydrogen) atoms. The molecule has 0 bridgehead atoms. The molecule has 1 aromatic carbocycles. The van der Waals surface area contributed by atoms with Crippen LogP contribution in [0.5, 0.6) is 11.5 Å². The van der Waals surface area contributed by atoms with Gasteiger partial charge in [0.1, 0.15) is 17.5 Å². The number of anilines is 1. The number of carbonyl (C=O) groups is 1. The number of nitrogens with one attached hydrogen (secondary N) is 2. The van der Waals surface area contributed by atoms with Gasteiger partial charge in [-0.25, -0.2) is 0 Å². The fourth-order valence-corrected chi connectivity index (χ4v) is 1.42. The Hall–Kier alpha value is -1.91. The van der Waals surface area contributed by atoms with E-state index in [2.05, 4.69) is 10.6 Å². The van der Waals surface area contributed by atoms with Crippen LogP contribution in [0.2, 0.25) is 0 Å². The number of hydrogen-bond acceptors (Lipinski definition) is 4. The van der Waals surface area contributed by atoms with E-state index in [1.807, 2.05) is 12.1 Å². The predicted molar refractivity (Wildman–Crippen MR) is 66.7 cm³/mol. The summed E-state index contributed by atoms with van der Waals surface area (Å²) in [6, 6.07) is 5.07. The smallest absolute Gasteiger partial charge is 0.241 e. The number of ether oxygens (including phenoxy) is 2. The summed E-state index contributed by atoms with van der Waals surface area (Å²) < 4.78 is 10.3. The lowest BCUT2D eigenvalue weighted by atomic mass is 10.2. The maximum atomic E-state index is 11.4. The van der Waals surface area contributed by atoms with Crippen molar-refractivity contribution < 1.29 is 14.3 Å². The molecule has 1 atom stereocenters. The van der Waals surface area contributed by atoms with Crippen molar-refractivity contribution in [3.63, 3.8) is 0 Å². The van der Waals surface area contributed by atoms with Crippen LogP contribution in [0.25, 0.3) is 0 Å². The molecule has 5 heteroatoms. The number of methoxy groups -OCH3 is 2. The first-order valence-corrected chi connectivity index (χ1v) is 5.32. The van der Waals surface area contributed by atoms with Crippen molar-refractivity contribution in [2.24, 2.45) is 0 Å². The van der Waals surface area contributed by atoms with E-state index < -0.39 is 0 Å². The molecule has 0 aliphatic heterocycles. The van der Waals surface area contributed by atoms with Gasteiger partial charge in [0.2, 0.25) is 5.91 Å². The third-order valence-electron chi connectivity index (χ3n) is 2.37. The zero-order chi connectivity index (χ0) is 12.8. The Kier molecular flexibility index (Phi) is 4.63. The van der Waals surface area contributed by atoms with Crippen molar-refractivity contribution in [1.82, 2.24) is 5.32 Å². The second-order valence-corrected chi connectivity index (χ2v) is 3.58. The van der Waals surface area contributed by atoms with E-state index in [9.17, 15) is 4.79 Å². The summed E-state index contributed by atoms with van der Waals surface area (Å²) in [6.07, 6.45) is 0. The van der Waals surface area contributed by atoms with Crippen molar-refractivity contribution >= 4 is 11.6 Å². The van der Waals surface area contributed by atoms with Crippen LogP contribution in [-0.4, -0.2) is 33.2 Å². The van der Waals surface area contributed by atoms with Gasteiger partial charge >= 0.3 is 0 Å². The molecule has 5 nitrogen and oxygen atoms in total. The molecule has 2 N–H and O–H groups in total. The third-order valence-corrected chi connectivity index (χ3v) is 2.37. The van der Waals surface area contributed by atoms with Crippen LogP contribution in [0.3, 0.4) is 0 Å². The van der Waals surface area contributed by atoms with Crippen LogP contribution in [-0.2, 0) is 4.79 Å². The van der Waals surface area contributed by atoms with Crippen molar-refractivity contribution in [1.29, 1.82) is 0 Å². The van der Waals surface area contributed by atoms with Gasteiger partial charge in [0, 0.05) is 30.9 Å². The van der Waals surface area contributed by atoms with Gasteiger partial charge < -0.3 is 20.1 Å². The molecule has 0 aliphatic carbocycles. The number of likely N-dealkylation sites (N-methyl/N-ethyl adjacent to an activating group) is 1. The molecule has 1 aromatic rings. The molecule has 1 amide bonds. The normalized spacial score (nSPS) is 11.5. The van der Waals surface area contributed by atoms with Gasteiger partial charge in [-0.2, -0.15) is 0 Å². The third kappa shape index (κ3) is 3.55. The summed E-state index contributed by atoms with van der Waals surface area (Å²) in [5, 5.41) is 5.65. The Morgan fingerprint density at radius 2 is 1.71 bits per heavy atom. The Morgan fingerprint density at radius 3 is 2.12 bits per heavy atom. The number of hydrogen-bond donors (Lipinski definition) is 2. The fraction of sp³-hybridized carbons (Fsp3) is 0.417. The average Bonchev–Trinajstić information content (AvgIpc) is 2.36. The SMILES string of the molecule is CNC(=O)C(C)Nc1cc(OC)cc(OC)c1. The molecule has 0 fully saturated rings. The quantitative estimate of drug-likeness (QED) is 0.810. The van der Waals surface area contributed by atoms with Crippen molar-refractivity contribution in [3.8, 4) is 11.5 Å². The molecule has 0 heterocycles. The lowest BCUT2D eigenvalue weighted by Crippen LogP contribution is -2.35. The molecule has 94 valence electrons. The highest BCUT2D eigenvalue weighted by Gasteiger charge is 2.11. The van der Waals surface area contributed by atoms with Crippen molar-refractivity contribution in [2.75, 3.05) is 26.6 Å². The molecule has 1 rings (SSSR count). The van der Waals surface area contributed by atoms with Gasteiger partial charge in [-0.15, -0.1) is 0 Å². The van der Waals surface area contributed by atoms with Gasteiger partial charge in [0.15, 0.2) is 0 Å². The van der Waals surface area contributed by atoms with E-state index in [0.717, 1.165) is 5.69 Å². The van der Waals surface area contributed by atoms with Crippen LogP contribution < -0.4 is 20.1 Å². The second-order valence-electron chi connectivity index (χ2n) is 3.58. The Bertz CT molecular complexity index is 371. The largest absolute Gasteiger partial charge is 0.497 e. The average molecular weight is 238 g/mol. The first-order valence-electron chi connectivity index (χ1n) is 5.32. The minimum Gasteiger partial charge on any atom is -0.497 e. The molecule has 0 radical (unpaired) electrons. The standard InChI is InChI=1S/C12H18N2O3/c1-8(12(15)13-2)14-9-5-10(16-3)7-11(6-9)17-4/h5-8,14H,1-4H3,(H,13,15). The van der Waals surface area contributed by atoms with Gasteiger partial charge in [-0.05, 0) is 6.92 Å². The van der Waals surface area contributed by atoms with Crippen LogP contribution in [0.1, 0.15) is 6.92 Å². The molecular formula is C12H18N2O3. The summed E-state index contributed by atoms with van der Waals surface area (Å²) in [5.74, 6) is 1.28. The maximum absolute atomic E-state index is 11.4. The van der Waals surface area contributed by atoms with Crippen LogP contribution in [0.15, 0.2) is 18.2 Å². The van der Waals surface area contributed by atoms with Gasteiger partial charge in [-0.3, -0.25) is 4.79 Å². The van der Waals surface area contributed by atoms with E-state index >= 15 is 0 Å². The molecule has 0 aliphatic rings. The van der Waals surface area contributed by atoms with Crippen LogP contribution >= 0.6 is 0 Å². The lowest BCUT2D eigenvalue weighted by molar-refractivity contribution is -0.121. The number of carbonyl (C=O) groups excluding carboxylic acids is 1.